The van der Waals surface area contributed by atoms with Crippen molar-refractivity contribution in [3.63, 3.8) is 0 Å². The molecule has 0 aromatic carbocycles. The van der Waals surface area contributed by atoms with Gasteiger partial charge in [0.15, 0.2) is 0 Å². The molecule has 0 spiro atoms. The van der Waals surface area contributed by atoms with E-state index < -0.39 is 6.09 Å². The van der Waals surface area contributed by atoms with E-state index in [0.717, 1.165) is 13.0 Å². The van der Waals surface area contributed by atoms with Crippen molar-refractivity contribution >= 4 is 6.09 Å². The van der Waals surface area contributed by atoms with Crippen molar-refractivity contribution in [3.8, 4) is 0 Å². The van der Waals surface area contributed by atoms with Crippen LogP contribution in [0.4, 0.5) is 4.79 Å². The highest BCUT2D eigenvalue weighted by molar-refractivity contribution is 5.64. The Kier molecular flexibility index (Phi) is 6.11. The summed E-state index contributed by atoms with van der Waals surface area (Å²) >= 11 is 0. The highest BCUT2D eigenvalue weighted by atomic mass is 16.5. The molecular weight excluding hydrogens is 194 g/mol. The zero-order valence-electron chi connectivity index (χ0n) is 9.21. The maximum atomic E-state index is 10.2. The van der Waals surface area contributed by atoms with E-state index in [1.165, 1.54) is 32.5 Å². The van der Waals surface area contributed by atoms with Crippen molar-refractivity contribution < 1.29 is 9.53 Å². The van der Waals surface area contributed by atoms with Gasteiger partial charge in [0.2, 0.25) is 0 Å². The second-order valence-corrected chi connectivity index (χ2v) is 3.82. The number of nitrogens with zero attached hydrogens (tertiary/aromatic N) is 1. The van der Waals surface area contributed by atoms with Gasteiger partial charge in [-0.25, -0.2) is 4.79 Å². The number of amides is 1. The molecule has 0 aromatic rings. The topological polar surface area (TPSA) is 67.6 Å². The summed E-state index contributed by atoms with van der Waals surface area (Å²) in [5, 5.41) is 3.21. The lowest BCUT2D eigenvalue weighted by Gasteiger charge is -2.14. The summed E-state index contributed by atoms with van der Waals surface area (Å²) in [6, 6.07) is 0. The second kappa shape index (κ2) is 7.48. The molecule has 15 heavy (non-hydrogen) atoms. The highest BCUT2D eigenvalue weighted by Crippen LogP contribution is 2.06. The van der Waals surface area contributed by atoms with Crippen molar-refractivity contribution in [3.05, 3.63) is 0 Å². The lowest BCUT2D eigenvalue weighted by atomic mass is 10.4. The van der Waals surface area contributed by atoms with Gasteiger partial charge in [0, 0.05) is 6.54 Å². The number of hydrogen-bond acceptors (Lipinski definition) is 4. The van der Waals surface area contributed by atoms with Gasteiger partial charge in [-0.1, -0.05) is 0 Å². The van der Waals surface area contributed by atoms with E-state index in [0.29, 0.717) is 13.2 Å². The van der Waals surface area contributed by atoms with E-state index in [4.69, 9.17) is 5.73 Å². The summed E-state index contributed by atoms with van der Waals surface area (Å²) in [5.74, 6) is 0. The fourth-order valence-corrected chi connectivity index (χ4v) is 1.78. The molecule has 0 radical (unpaired) electrons. The molecule has 1 aliphatic heterocycles. The maximum absolute atomic E-state index is 10.2. The Morgan fingerprint density at radius 2 is 2.07 bits per heavy atom. The SMILES string of the molecule is NC(=O)OCCNCCCN1CCCC1. The van der Waals surface area contributed by atoms with Gasteiger partial charge in [0.05, 0.1) is 0 Å². The Morgan fingerprint density at radius 1 is 1.33 bits per heavy atom. The molecule has 1 amide bonds. The molecule has 5 nitrogen and oxygen atoms in total. The number of carbonyl (C=O) groups is 1. The Balaban J connectivity index is 1.78. The predicted octanol–water partition coefficient (Wildman–Crippen LogP) is 0.157. The monoisotopic (exact) mass is 215 g/mol. The van der Waals surface area contributed by atoms with Gasteiger partial charge in [0.1, 0.15) is 6.61 Å². The number of likely N-dealkylation sites (tertiary alicyclic amines) is 1. The van der Waals surface area contributed by atoms with Crippen LogP contribution in [0.5, 0.6) is 0 Å². The van der Waals surface area contributed by atoms with Gasteiger partial charge in [-0.3, -0.25) is 0 Å². The second-order valence-electron chi connectivity index (χ2n) is 3.82. The van der Waals surface area contributed by atoms with Gasteiger partial charge >= 0.3 is 6.09 Å². The highest BCUT2D eigenvalue weighted by Gasteiger charge is 2.09. The van der Waals surface area contributed by atoms with Crippen molar-refractivity contribution in [2.45, 2.75) is 19.3 Å². The molecule has 0 unspecified atom stereocenters. The normalized spacial score (nSPS) is 16.8. The van der Waals surface area contributed by atoms with Crippen LogP contribution >= 0.6 is 0 Å². The molecule has 1 rings (SSSR count). The van der Waals surface area contributed by atoms with Gasteiger partial charge in [-0.05, 0) is 45.4 Å². The third-order valence-corrected chi connectivity index (χ3v) is 2.55. The predicted molar refractivity (Wildman–Crippen MR) is 58.7 cm³/mol. The average molecular weight is 215 g/mol. The Hall–Kier alpha value is -0.810. The van der Waals surface area contributed by atoms with Crippen LogP contribution < -0.4 is 11.1 Å². The van der Waals surface area contributed by atoms with Gasteiger partial charge in [-0.2, -0.15) is 0 Å². The van der Waals surface area contributed by atoms with Crippen LogP contribution in [-0.4, -0.2) is 50.3 Å². The van der Waals surface area contributed by atoms with Crippen molar-refractivity contribution in [1.82, 2.24) is 10.2 Å². The fraction of sp³-hybridized carbons (Fsp3) is 0.900. The number of rotatable bonds is 7. The largest absolute Gasteiger partial charge is 0.448 e. The number of primary amides is 1. The standard InChI is InChI=1S/C10H21N3O2/c11-10(14)15-9-5-12-4-3-8-13-6-1-2-7-13/h12H,1-9H2,(H2,11,14). The quantitative estimate of drug-likeness (QED) is 0.594. The smallest absolute Gasteiger partial charge is 0.404 e. The van der Waals surface area contributed by atoms with Crippen molar-refractivity contribution in [2.75, 3.05) is 39.3 Å². The zero-order chi connectivity index (χ0) is 10.9. The molecule has 0 bridgehead atoms. The minimum Gasteiger partial charge on any atom is -0.448 e. The number of carbonyl (C=O) groups excluding carboxylic acids is 1. The number of hydrogen-bond donors (Lipinski definition) is 2. The summed E-state index contributed by atoms with van der Waals surface area (Å²) < 4.78 is 4.59. The van der Waals surface area contributed by atoms with Crippen molar-refractivity contribution in [1.29, 1.82) is 0 Å². The minimum absolute atomic E-state index is 0.360. The average Bonchev–Trinajstić information content (AvgIpc) is 2.68. The third-order valence-electron chi connectivity index (χ3n) is 2.55. The number of nitrogens with two attached hydrogens (primary N) is 1. The number of ether oxygens (including phenoxy) is 1. The minimum atomic E-state index is -0.700. The Morgan fingerprint density at radius 3 is 2.73 bits per heavy atom. The third kappa shape index (κ3) is 6.30. The van der Waals surface area contributed by atoms with Gasteiger partial charge < -0.3 is 20.7 Å². The summed E-state index contributed by atoms with van der Waals surface area (Å²) in [5.41, 5.74) is 4.82. The molecule has 1 aliphatic rings. The fourth-order valence-electron chi connectivity index (χ4n) is 1.78. The van der Waals surface area contributed by atoms with Crippen LogP contribution in [0.15, 0.2) is 0 Å². The van der Waals surface area contributed by atoms with E-state index >= 15 is 0 Å². The van der Waals surface area contributed by atoms with Gasteiger partial charge in [0.25, 0.3) is 0 Å². The molecule has 1 heterocycles. The molecule has 0 aromatic heterocycles. The molecule has 88 valence electrons. The lowest BCUT2D eigenvalue weighted by Crippen LogP contribution is -2.27. The first-order valence-electron chi connectivity index (χ1n) is 5.64. The molecule has 0 saturated carbocycles. The molecule has 3 N–H and O–H groups in total. The first-order chi connectivity index (χ1) is 7.29. The molecule has 0 atom stereocenters. The van der Waals surface area contributed by atoms with Crippen LogP contribution in [0.1, 0.15) is 19.3 Å². The van der Waals surface area contributed by atoms with E-state index in [9.17, 15) is 4.79 Å². The maximum Gasteiger partial charge on any atom is 0.404 e. The van der Waals surface area contributed by atoms with Crippen LogP contribution in [0, 0.1) is 0 Å². The van der Waals surface area contributed by atoms with E-state index in [1.54, 1.807) is 0 Å². The first kappa shape index (κ1) is 12.3. The van der Waals surface area contributed by atoms with Crippen LogP contribution in [-0.2, 0) is 4.74 Å². The van der Waals surface area contributed by atoms with Gasteiger partial charge in [-0.15, -0.1) is 0 Å². The van der Waals surface area contributed by atoms with E-state index in [2.05, 4.69) is 15.0 Å². The summed E-state index contributed by atoms with van der Waals surface area (Å²) in [6.45, 7) is 5.69. The zero-order valence-corrected chi connectivity index (χ0v) is 9.21. The Labute approximate surface area is 90.9 Å². The molecule has 5 heteroatoms. The van der Waals surface area contributed by atoms with Crippen LogP contribution in [0.2, 0.25) is 0 Å². The van der Waals surface area contributed by atoms with Crippen LogP contribution in [0.25, 0.3) is 0 Å². The number of nitrogens with one attached hydrogen (secondary N) is 1. The molecule has 0 aliphatic carbocycles. The van der Waals surface area contributed by atoms with Crippen molar-refractivity contribution in [2.24, 2.45) is 5.73 Å². The van der Waals surface area contributed by atoms with E-state index in [-0.39, 0.29) is 0 Å². The summed E-state index contributed by atoms with van der Waals surface area (Å²) in [6.07, 6.45) is 3.14. The molecular formula is C10H21N3O2. The molecule has 1 fully saturated rings. The molecule has 1 saturated heterocycles. The first-order valence-corrected chi connectivity index (χ1v) is 5.64. The van der Waals surface area contributed by atoms with Crippen LogP contribution in [0.3, 0.4) is 0 Å². The lowest BCUT2D eigenvalue weighted by molar-refractivity contribution is 0.157. The summed E-state index contributed by atoms with van der Waals surface area (Å²) in [4.78, 5) is 12.7. The van der Waals surface area contributed by atoms with E-state index in [1.807, 2.05) is 0 Å². The Bertz CT molecular complexity index is 182. The summed E-state index contributed by atoms with van der Waals surface area (Å²) in [7, 11) is 0.